The minimum atomic E-state index is -3.25. The second-order valence-electron chi connectivity index (χ2n) is 6.16. The molecular weight excluding hydrogens is 356 g/mol. The van der Waals surface area contributed by atoms with E-state index in [1.165, 1.54) is 0 Å². The van der Waals surface area contributed by atoms with E-state index >= 15 is 0 Å². The molecule has 9 heteroatoms. The van der Waals surface area contributed by atoms with Crippen molar-refractivity contribution in [1.82, 2.24) is 9.97 Å². The average Bonchev–Trinajstić information content (AvgIpc) is 2.61. The Morgan fingerprint density at radius 1 is 1.23 bits per heavy atom. The minimum Gasteiger partial charge on any atom is -0.378 e. The van der Waals surface area contributed by atoms with Gasteiger partial charge in [0, 0.05) is 36.5 Å². The molecule has 0 aliphatic carbocycles. The van der Waals surface area contributed by atoms with Gasteiger partial charge < -0.3 is 15.4 Å². The highest BCUT2D eigenvalue weighted by molar-refractivity contribution is 7.89. The van der Waals surface area contributed by atoms with Crippen molar-refractivity contribution in [2.45, 2.75) is 5.75 Å². The van der Waals surface area contributed by atoms with Gasteiger partial charge in [-0.25, -0.2) is 18.4 Å². The largest absolute Gasteiger partial charge is 0.378 e. The smallest absolute Gasteiger partial charge is 0.248 e. The number of sulfone groups is 1. The Labute approximate surface area is 151 Å². The van der Waals surface area contributed by atoms with Gasteiger partial charge in [-0.15, -0.1) is 0 Å². The van der Waals surface area contributed by atoms with Crippen molar-refractivity contribution < 1.29 is 17.9 Å². The molecule has 1 aliphatic rings. The van der Waals surface area contributed by atoms with Crippen molar-refractivity contribution in [2.24, 2.45) is 5.73 Å². The molecule has 2 aromatic rings. The Kier molecular flexibility index (Phi) is 5.19. The Hall–Kier alpha value is -2.52. The number of nitrogens with zero attached hydrogens (tertiary/aromatic N) is 3. The van der Waals surface area contributed by atoms with Crippen LogP contribution in [-0.2, 0) is 20.3 Å². The number of morpholine rings is 1. The predicted molar refractivity (Wildman–Crippen MR) is 97.6 cm³/mol. The summed E-state index contributed by atoms with van der Waals surface area (Å²) >= 11 is 0. The monoisotopic (exact) mass is 376 g/mol. The molecule has 0 atom stereocenters. The number of hydrogen-bond acceptors (Lipinski definition) is 7. The molecule has 0 spiro atoms. The summed E-state index contributed by atoms with van der Waals surface area (Å²) in [6.45, 7) is 2.49. The summed E-state index contributed by atoms with van der Waals surface area (Å²) in [5, 5.41) is 0. The molecule has 1 aromatic carbocycles. The fourth-order valence-electron chi connectivity index (χ4n) is 2.72. The number of aromatic nitrogens is 2. The van der Waals surface area contributed by atoms with E-state index in [-0.39, 0.29) is 5.75 Å². The van der Waals surface area contributed by atoms with Gasteiger partial charge >= 0.3 is 0 Å². The van der Waals surface area contributed by atoms with Gasteiger partial charge in [0.05, 0.1) is 24.7 Å². The van der Waals surface area contributed by atoms with E-state index in [2.05, 4.69) is 9.97 Å². The third kappa shape index (κ3) is 4.55. The van der Waals surface area contributed by atoms with E-state index < -0.39 is 15.7 Å². The van der Waals surface area contributed by atoms with Crippen LogP contribution in [0.25, 0.3) is 11.4 Å². The molecule has 1 saturated heterocycles. The van der Waals surface area contributed by atoms with Crippen molar-refractivity contribution in [3.63, 3.8) is 0 Å². The average molecular weight is 376 g/mol. The highest BCUT2D eigenvalue weighted by Gasteiger charge is 2.18. The number of nitrogens with two attached hydrogens (primary N) is 1. The molecule has 2 N–H and O–H groups in total. The predicted octanol–water partition coefficient (Wildman–Crippen LogP) is 0.624. The number of rotatable bonds is 5. The third-order valence-corrected chi connectivity index (χ3v) is 4.74. The number of benzene rings is 1. The maximum absolute atomic E-state index is 11.7. The number of ether oxygens (including phenoxy) is 1. The Bertz CT molecular complexity index is 924. The molecule has 3 rings (SSSR count). The van der Waals surface area contributed by atoms with Crippen LogP contribution in [0.3, 0.4) is 0 Å². The third-order valence-electron chi connectivity index (χ3n) is 3.92. The van der Waals surface area contributed by atoms with Crippen LogP contribution in [-0.4, -0.2) is 56.9 Å². The summed E-state index contributed by atoms with van der Waals surface area (Å²) < 4.78 is 28.8. The molecule has 1 fully saturated rings. The van der Waals surface area contributed by atoms with Gasteiger partial charge in [-0.3, -0.25) is 4.79 Å². The molecule has 0 radical (unpaired) electrons. The molecule has 26 heavy (non-hydrogen) atoms. The molecule has 138 valence electrons. The molecule has 1 amide bonds. The summed E-state index contributed by atoms with van der Waals surface area (Å²) in [5.74, 6) is 0.264. The molecule has 2 heterocycles. The number of carbonyl (C=O) groups excluding carboxylic acids is 1. The lowest BCUT2D eigenvalue weighted by molar-refractivity contribution is 0.100. The topological polar surface area (TPSA) is 115 Å². The summed E-state index contributed by atoms with van der Waals surface area (Å²) in [7, 11) is -3.25. The van der Waals surface area contributed by atoms with Crippen LogP contribution in [0.1, 0.15) is 16.1 Å². The van der Waals surface area contributed by atoms with Crippen LogP contribution < -0.4 is 10.6 Å². The number of carbonyl (C=O) groups is 1. The van der Waals surface area contributed by atoms with Crippen molar-refractivity contribution in [3.8, 4) is 11.4 Å². The normalized spacial score (nSPS) is 15.0. The van der Waals surface area contributed by atoms with E-state index in [9.17, 15) is 13.2 Å². The quantitative estimate of drug-likeness (QED) is 0.813. The fraction of sp³-hybridized carbons (Fsp3) is 0.353. The molecule has 8 nitrogen and oxygen atoms in total. The van der Waals surface area contributed by atoms with Gasteiger partial charge in [0.25, 0.3) is 0 Å². The second kappa shape index (κ2) is 7.38. The Morgan fingerprint density at radius 2 is 1.96 bits per heavy atom. The van der Waals surface area contributed by atoms with E-state index in [0.717, 1.165) is 6.26 Å². The molecule has 1 aromatic heterocycles. The highest BCUT2D eigenvalue weighted by atomic mass is 32.2. The first-order valence-corrected chi connectivity index (χ1v) is 10.2. The van der Waals surface area contributed by atoms with E-state index in [4.69, 9.17) is 10.5 Å². The van der Waals surface area contributed by atoms with E-state index in [1.54, 1.807) is 30.3 Å². The van der Waals surface area contributed by atoms with Crippen LogP contribution in [0.5, 0.6) is 0 Å². The van der Waals surface area contributed by atoms with Crippen LogP contribution in [0.15, 0.2) is 30.3 Å². The number of primary amides is 1. The molecule has 1 aliphatic heterocycles. The first-order chi connectivity index (χ1) is 12.3. The molecule has 0 bridgehead atoms. The Balaban J connectivity index is 2.06. The zero-order chi connectivity index (χ0) is 18.7. The number of anilines is 1. The van der Waals surface area contributed by atoms with E-state index in [1.807, 2.05) is 4.90 Å². The summed E-state index contributed by atoms with van der Waals surface area (Å²) in [5.41, 5.74) is 6.69. The standard InChI is InChI=1S/C17H20N4O4S/c1-26(23,24)11-14-10-15(21-5-7-25-8-6-21)20-17(19-14)13-4-2-3-12(9-13)16(18)22/h2-4,9-10H,5-8,11H2,1H3,(H2,18,22). The van der Waals surface area contributed by atoms with Gasteiger partial charge in [-0.05, 0) is 12.1 Å². The first-order valence-electron chi connectivity index (χ1n) is 8.10. The second-order valence-corrected chi connectivity index (χ2v) is 8.30. The molecular formula is C17H20N4O4S. The first kappa shape index (κ1) is 18.3. The number of amides is 1. The summed E-state index contributed by atoms with van der Waals surface area (Å²) in [6.07, 6.45) is 1.16. The van der Waals surface area contributed by atoms with Crippen molar-refractivity contribution >= 4 is 21.6 Å². The van der Waals surface area contributed by atoms with Crippen LogP contribution in [0, 0.1) is 0 Å². The van der Waals surface area contributed by atoms with Gasteiger partial charge in [0.2, 0.25) is 5.91 Å². The lowest BCUT2D eigenvalue weighted by atomic mass is 10.1. The zero-order valence-corrected chi connectivity index (χ0v) is 15.2. The maximum Gasteiger partial charge on any atom is 0.248 e. The molecule has 0 unspecified atom stereocenters. The summed E-state index contributed by atoms with van der Waals surface area (Å²) in [4.78, 5) is 22.4. The van der Waals surface area contributed by atoms with Crippen molar-refractivity contribution in [1.29, 1.82) is 0 Å². The molecule has 0 saturated carbocycles. The fourth-order valence-corrected chi connectivity index (χ4v) is 3.41. The van der Waals surface area contributed by atoms with Gasteiger partial charge in [-0.1, -0.05) is 12.1 Å². The SMILES string of the molecule is CS(=O)(=O)Cc1cc(N2CCOCC2)nc(-c2cccc(C(N)=O)c2)n1. The van der Waals surface area contributed by atoms with Crippen molar-refractivity contribution in [3.05, 3.63) is 41.6 Å². The Morgan fingerprint density at radius 3 is 2.62 bits per heavy atom. The lowest BCUT2D eigenvalue weighted by Gasteiger charge is -2.28. The van der Waals surface area contributed by atoms with Gasteiger partial charge in [-0.2, -0.15) is 0 Å². The highest BCUT2D eigenvalue weighted by Crippen LogP contribution is 2.23. The lowest BCUT2D eigenvalue weighted by Crippen LogP contribution is -2.37. The number of hydrogen-bond donors (Lipinski definition) is 1. The maximum atomic E-state index is 11.7. The van der Waals surface area contributed by atoms with Crippen LogP contribution >= 0.6 is 0 Å². The van der Waals surface area contributed by atoms with E-state index in [0.29, 0.717) is 54.8 Å². The van der Waals surface area contributed by atoms with Crippen LogP contribution in [0.4, 0.5) is 5.82 Å². The minimum absolute atomic E-state index is 0.185. The van der Waals surface area contributed by atoms with Crippen LogP contribution in [0.2, 0.25) is 0 Å². The van der Waals surface area contributed by atoms with Crippen molar-refractivity contribution in [2.75, 3.05) is 37.5 Å². The summed E-state index contributed by atoms with van der Waals surface area (Å²) in [6, 6.07) is 8.35. The van der Waals surface area contributed by atoms with Gasteiger partial charge in [0.1, 0.15) is 5.82 Å². The van der Waals surface area contributed by atoms with Gasteiger partial charge in [0.15, 0.2) is 15.7 Å². The zero-order valence-electron chi connectivity index (χ0n) is 14.4.